The lowest BCUT2D eigenvalue weighted by Crippen LogP contribution is -2.37. The molecule has 0 saturated heterocycles. The van der Waals surface area contributed by atoms with Gasteiger partial charge in [0.1, 0.15) is 0 Å². The third kappa shape index (κ3) is 2.38. The maximum absolute atomic E-state index is 11.7. The summed E-state index contributed by atoms with van der Waals surface area (Å²) in [7, 11) is 0. The van der Waals surface area contributed by atoms with E-state index in [9.17, 15) is 4.79 Å². The van der Waals surface area contributed by atoms with Crippen molar-refractivity contribution >= 4 is 5.91 Å². The van der Waals surface area contributed by atoms with Crippen LogP contribution in [0.15, 0.2) is 12.4 Å². The number of nitrogens with zero attached hydrogens (tertiary/aromatic N) is 3. The van der Waals surface area contributed by atoms with Crippen molar-refractivity contribution in [2.45, 2.75) is 25.8 Å². The summed E-state index contributed by atoms with van der Waals surface area (Å²) in [4.78, 5) is 11.7. The Labute approximate surface area is 94.2 Å². The molecule has 0 bridgehead atoms. The molecule has 6 heteroatoms. The van der Waals surface area contributed by atoms with E-state index in [1.165, 1.54) is 0 Å². The molecular formula is C10H17N5O. The highest BCUT2D eigenvalue weighted by Gasteiger charge is 2.48. The van der Waals surface area contributed by atoms with Crippen LogP contribution in [0.2, 0.25) is 0 Å². The number of aryl methyl sites for hydroxylation is 1. The van der Waals surface area contributed by atoms with Crippen molar-refractivity contribution in [2.24, 2.45) is 11.1 Å². The van der Waals surface area contributed by atoms with Crippen molar-refractivity contribution in [3.8, 4) is 0 Å². The first-order valence-corrected chi connectivity index (χ1v) is 5.59. The van der Waals surface area contributed by atoms with Gasteiger partial charge < -0.3 is 11.1 Å². The third-order valence-corrected chi connectivity index (χ3v) is 3.05. The van der Waals surface area contributed by atoms with Crippen LogP contribution < -0.4 is 11.1 Å². The van der Waals surface area contributed by atoms with E-state index in [1.54, 1.807) is 10.9 Å². The highest BCUT2D eigenvalue weighted by molar-refractivity contribution is 5.85. The molecule has 3 N–H and O–H groups in total. The lowest BCUT2D eigenvalue weighted by Gasteiger charge is -2.12. The second kappa shape index (κ2) is 4.61. The maximum Gasteiger partial charge on any atom is 0.227 e. The number of amides is 1. The van der Waals surface area contributed by atoms with Crippen LogP contribution in [0, 0.1) is 5.41 Å². The molecule has 1 amide bonds. The van der Waals surface area contributed by atoms with E-state index >= 15 is 0 Å². The molecular weight excluding hydrogens is 206 g/mol. The van der Waals surface area contributed by atoms with E-state index in [4.69, 9.17) is 5.73 Å². The quantitative estimate of drug-likeness (QED) is 0.638. The van der Waals surface area contributed by atoms with Gasteiger partial charge in [-0.05, 0) is 19.3 Å². The van der Waals surface area contributed by atoms with E-state index in [1.807, 2.05) is 6.20 Å². The van der Waals surface area contributed by atoms with Gasteiger partial charge in [-0.3, -0.25) is 9.48 Å². The van der Waals surface area contributed by atoms with Gasteiger partial charge in [-0.2, -0.15) is 0 Å². The highest BCUT2D eigenvalue weighted by Crippen LogP contribution is 2.44. The van der Waals surface area contributed by atoms with Crippen LogP contribution in [0.25, 0.3) is 0 Å². The summed E-state index contributed by atoms with van der Waals surface area (Å²) in [6.07, 6.45) is 6.17. The topological polar surface area (TPSA) is 85.8 Å². The lowest BCUT2D eigenvalue weighted by molar-refractivity contribution is -0.125. The fraction of sp³-hybridized carbons (Fsp3) is 0.700. The summed E-state index contributed by atoms with van der Waals surface area (Å²) in [6.45, 7) is 1.90. The maximum atomic E-state index is 11.7. The van der Waals surface area contributed by atoms with Crippen molar-refractivity contribution in [1.29, 1.82) is 0 Å². The molecule has 0 unspecified atom stereocenters. The molecule has 0 spiro atoms. The molecule has 0 aromatic carbocycles. The summed E-state index contributed by atoms with van der Waals surface area (Å²) in [6, 6.07) is 0. The SMILES string of the molecule is NCC1(C(=O)NCCCn2ccnn2)CC1. The van der Waals surface area contributed by atoms with Crippen molar-refractivity contribution in [3.05, 3.63) is 12.4 Å². The Morgan fingerprint density at radius 2 is 2.38 bits per heavy atom. The molecule has 0 radical (unpaired) electrons. The second-order valence-corrected chi connectivity index (χ2v) is 4.26. The van der Waals surface area contributed by atoms with Gasteiger partial charge >= 0.3 is 0 Å². The second-order valence-electron chi connectivity index (χ2n) is 4.26. The Kier molecular flexibility index (Phi) is 3.19. The average Bonchev–Trinajstić information content (AvgIpc) is 2.94. The Morgan fingerprint density at radius 1 is 1.56 bits per heavy atom. The van der Waals surface area contributed by atoms with E-state index < -0.39 is 0 Å². The van der Waals surface area contributed by atoms with Crippen LogP contribution in [0.5, 0.6) is 0 Å². The summed E-state index contributed by atoms with van der Waals surface area (Å²) in [5.41, 5.74) is 5.33. The molecule has 1 saturated carbocycles. The number of carbonyl (C=O) groups is 1. The van der Waals surface area contributed by atoms with Gasteiger partial charge in [-0.15, -0.1) is 5.10 Å². The van der Waals surface area contributed by atoms with E-state index in [0.29, 0.717) is 13.1 Å². The molecule has 1 aliphatic rings. The minimum atomic E-state index is -0.243. The molecule has 1 aromatic rings. The van der Waals surface area contributed by atoms with Crippen LogP contribution >= 0.6 is 0 Å². The Morgan fingerprint density at radius 3 is 2.94 bits per heavy atom. The number of hydrogen-bond donors (Lipinski definition) is 2. The predicted molar refractivity (Wildman–Crippen MR) is 58.4 cm³/mol. The van der Waals surface area contributed by atoms with E-state index in [2.05, 4.69) is 15.6 Å². The van der Waals surface area contributed by atoms with Crippen molar-refractivity contribution < 1.29 is 4.79 Å². The van der Waals surface area contributed by atoms with Gasteiger partial charge in [-0.1, -0.05) is 5.21 Å². The Bertz CT molecular complexity index is 344. The number of aromatic nitrogens is 3. The highest BCUT2D eigenvalue weighted by atomic mass is 16.2. The largest absolute Gasteiger partial charge is 0.356 e. The summed E-state index contributed by atoms with van der Waals surface area (Å²) >= 11 is 0. The summed E-state index contributed by atoms with van der Waals surface area (Å²) in [5, 5.41) is 10.5. The zero-order chi connectivity index (χ0) is 11.4. The van der Waals surface area contributed by atoms with Gasteiger partial charge in [0.25, 0.3) is 0 Å². The molecule has 1 aliphatic carbocycles. The average molecular weight is 223 g/mol. The number of nitrogens with one attached hydrogen (secondary N) is 1. The summed E-state index contributed by atoms with van der Waals surface area (Å²) < 4.78 is 1.75. The van der Waals surface area contributed by atoms with Crippen LogP contribution in [0.4, 0.5) is 0 Å². The first-order valence-electron chi connectivity index (χ1n) is 5.59. The van der Waals surface area contributed by atoms with Gasteiger partial charge in [0, 0.05) is 25.8 Å². The predicted octanol–water partition coefficient (Wildman–Crippen LogP) is -0.477. The van der Waals surface area contributed by atoms with Gasteiger partial charge in [0.2, 0.25) is 5.91 Å². The monoisotopic (exact) mass is 223 g/mol. The third-order valence-electron chi connectivity index (χ3n) is 3.05. The number of carbonyl (C=O) groups excluding carboxylic acids is 1. The minimum Gasteiger partial charge on any atom is -0.356 e. The molecule has 1 aromatic heterocycles. The fourth-order valence-electron chi connectivity index (χ4n) is 1.66. The number of rotatable bonds is 6. The summed E-state index contributed by atoms with van der Waals surface area (Å²) in [5.74, 6) is 0.105. The van der Waals surface area contributed by atoms with Crippen LogP contribution in [0.3, 0.4) is 0 Å². The van der Waals surface area contributed by atoms with E-state index in [0.717, 1.165) is 25.8 Å². The molecule has 0 aliphatic heterocycles. The molecule has 88 valence electrons. The fourth-order valence-corrected chi connectivity index (χ4v) is 1.66. The Balaban J connectivity index is 1.63. The molecule has 0 atom stereocenters. The van der Waals surface area contributed by atoms with Gasteiger partial charge in [-0.25, -0.2) is 0 Å². The van der Waals surface area contributed by atoms with Crippen LogP contribution in [0.1, 0.15) is 19.3 Å². The molecule has 1 fully saturated rings. The van der Waals surface area contributed by atoms with Crippen molar-refractivity contribution in [2.75, 3.05) is 13.1 Å². The molecule has 6 nitrogen and oxygen atoms in total. The molecule has 16 heavy (non-hydrogen) atoms. The minimum absolute atomic E-state index is 0.105. The first kappa shape index (κ1) is 11.1. The zero-order valence-corrected chi connectivity index (χ0v) is 9.22. The normalized spacial score (nSPS) is 17.1. The van der Waals surface area contributed by atoms with Crippen LogP contribution in [-0.2, 0) is 11.3 Å². The van der Waals surface area contributed by atoms with Crippen molar-refractivity contribution in [1.82, 2.24) is 20.3 Å². The number of hydrogen-bond acceptors (Lipinski definition) is 4. The van der Waals surface area contributed by atoms with E-state index in [-0.39, 0.29) is 11.3 Å². The Hall–Kier alpha value is -1.43. The standard InChI is InChI=1S/C10H17N5O/c11-8-10(2-3-10)9(16)12-4-1-6-15-7-5-13-14-15/h5,7H,1-4,6,8,11H2,(H,12,16). The molecule has 1 heterocycles. The molecule has 2 rings (SSSR count). The zero-order valence-electron chi connectivity index (χ0n) is 9.22. The first-order chi connectivity index (χ1) is 7.77. The number of nitrogens with two attached hydrogens (primary N) is 1. The van der Waals surface area contributed by atoms with Crippen LogP contribution in [-0.4, -0.2) is 34.0 Å². The van der Waals surface area contributed by atoms with Gasteiger partial charge in [0.15, 0.2) is 0 Å². The lowest BCUT2D eigenvalue weighted by atomic mass is 10.1. The smallest absolute Gasteiger partial charge is 0.227 e. The van der Waals surface area contributed by atoms with Gasteiger partial charge in [0.05, 0.1) is 11.6 Å². The van der Waals surface area contributed by atoms with Crippen molar-refractivity contribution in [3.63, 3.8) is 0 Å².